The third-order valence-electron chi connectivity index (χ3n) is 1.75. The lowest BCUT2D eigenvalue weighted by Gasteiger charge is -2.05. The highest BCUT2D eigenvalue weighted by Gasteiger charge is 2.11. The minimum atomic E-state index is -0.348. The summed E-state index contributed by atoms with van der Waals surface area (Å²) in [5.41, 5.74) is 0.935. The quantitative estimate of drug-likeness (QED) is 0.724. The first-order valence-corrected chi connectivity index (χ1v) is 4.15. The van der Waals surface area contributed by atoms with Crippen molar-refractivity contribution in [1.29, 1.82) is 0 Å². The third kappa shape index (κ3) is 1.92. The summed E-state index contributed by atoms with van der Waals surface area (Å²) in [7, 11) is 1.50. The van der Waals surface area contributed by atoms with Crippen molar-refractivity contribution < 1.29 is 9.90 Å². The Morgan fingerprint density at radius 1 is 1.54 bits per heavy atom. The molecule has 0 bridgehead atoms. The van der Waals surface area contributed by atoms with Crippen molar-refractivity contribution in [3.63, 3.8) is 0 Å². The van der Waals surface area contributed by atoms with E-state index in [9.17, 15) is 9.90 Å². The number of nitrogens with one attached hydrogen (secondary N) is 1. The van der Waals surface area contributed by atoms with Gasteiger partial charge in [0.25, 0.3) is 5.91 Å². The summed E-state index contributed by atoms with van der Waals surface area (Å²) in [6.45, 7) is 1.76. The molecule has 0 aromatic heterocycles. The Labute approximate surface area is 81.3 Å². The molecule has 0 atom stereocenters. The minimum absolute atomic E-state index is 0.0544. The number of aromatic hydroxyl groups is 1. The Bertz CT molecular complexity index is 350. The van der Waals surface area contributed by atoms with E-state index < -0.39 is 0 Å². The molecule has 0 saturated heterocycles. The first-order chi connectivity index (χ1) is 6.06. The molecule has 1 amide bonds. The van der Waals surface area contributed by atoms with Crippen molar-refractivity contribution in [2.75, 3.05) is 7.05 Å². The van der Waals surface area contributed by atoms with Crippen molar-refractivity contribution in [3.05, 3.63) is 28.3 Å². The summed E-state index contributed by atoms with van der Waals surface area (Å²) in [5.74, 6) is -0.402. The van der Waals surface area contributed by atoms with E-state index in [-0.39, 0.29) is 17.2 Å². The number of carbonyl (C=O) groups excluding carboxylic acids is 1. The summed E-state index contributed by atoms with van der Waals surface area (Å²) in [6, 6.07) is 2.91. The number of aryl methyl sites for hydroxylation is 1. The monoisotopic (exact) mass is 199 g/mol. The summed E-state index contributed by atoms with van der Waals surface area (Å²) in [5, 5.41) is 12.3. The van der Waals surface area contributed by atoms with Crippen LogP contribution in [0.2, 0.25) is 5.02 Å². The van der Waals surface area contributed by atoms with Gasteiger partial charge in [-0.1, -0.05) is 11.6 Å². The molecule has 0 spiro atoms. The first-order valence-electron chi connectivity index (χ1n) is 3.77. The van der Waals surface area contributed by atoms with Gasteiger partial charge in [-0.25, -0.2) is 0 Å². The summed E-state index contributed by atoms with van der Waals surface area (Å²) < 4.78 is 0. The maximum absolute atomic E-state index is 11.2. The van der Waals surface area contributed by atoms with Crippen molar-refractivity contribution >= 4 is 17.5 Å². The zero-order valence-corrected chi connectivity index (χ0v) is 8.14. The molecule has 1 aromatic carbocycles. The van der Waals surface area contributed by atoms with Crippen LogP contribution >= 0.6 is 11.6 Å². The first kappa shape index (κ1) is 9.86. The Balaban J connectivity index is 3.23. The van der Waals surface area contributed by atoms with E-state index in [4.69, 9.17) is 11.6 Å². The second-order valence-electron chi connectivity index (χ2n) is 2.70. The number of hydrogen-bond acceptors (Lipinski definition) is 2. The maximum atomic E-state index is 11.2. The molecule has 70 valence electrons. The molecule has 0 aliphatic carbocycles. The number of phenolic OH excluding ortho intramolecular Hbond substituents is 1. The predicted octanol–water partition coefficient (Wildman–Crippen LogP) is 1.71. The van der Waals surface area contributed by atoms with Crippen LogP contribution in [0.4, 0.5) is 0 Å². The van der Waals surface area contributed by atoms with E-state index in [1.54, 1.807) is 6.92 Å². The van der Waals surface area contributed by atoms with Gasteiger partial charge in [0.15, 0.2) is 0 Å². The Morgan fingerprint density at radius 2 is 2.15 bits per heavy atom. The fraction of sp³-hybridized carbons (Fsp3) is 0.222. The van der Waals surface area contributed by atoms with Crippen LogP contribution in [0.15, 0.2) is 12.1 Å². The van der Waals surface area contributed by atoms with Gasteiger partial charge in [0.05, 0.1) is 5.56 Å². The molecule has 2 N–H and O–H groups in total. The van der Waals surface area contributed by atoms with Gasteiger partial charge in [-0.2, -0.15) is 0 Å². The zero-order chi connectivity index (χ0) is 10.0. The van der Waals surface area contributed by atoms with Crippen molar-refractivity contribution in [3.8, 4) is 5.75 Å². The molecule has 0 radical (unpaired) electrons. The van der Waals surface area contributed by atoms with Crippen LogP contribution < -0.4 is 5.32 Å². The zero-order valence-electron chi connectivity index (χ0n) is 7.39. The molecule has 0 aliphatic heterocycles. The van der Waals surface area contributed by atoms with Gasteiger partial charge in [0, 0.05) is 12.1 Å². The number of carbonyl (C=O) groups is 1. The van der Waals surface area contributed by atoms with Crippen LogP contribution in [0.5, 0.6) is 5.75 Å². The highest BCUT2D eigenvalue weighted by Crippen LogP contribution is 2.25. The molecule has 0 unspecified atom stereocenters. The number of hydrogen-bond donors (Lipinski definition) is 2. The van der Waals surface area contributed by atoms with Crippen LogP contribution in [-0.2, 0) is 0 Å². The fourth-order valence-corrected chi connectivity index (χ4v) is 1.15. The normalized spacial score (nSPS) is 9.77. The molecule has 13 heavy (non-hydrogen) atoms. The standard InChI is InChI=1S/C9H10ClNO2/c1-5-3-8(12)6(4-7(5)10)9(13)11-2/h3-4,12H,1-2H3,(H,11,13). The molecular weight excluding hydrogens is 190 g/mol. The SMILES string of the molecule is CNC(=O)c1cc(Cl)c(C)cc1O. The van der Waals surface area contributed by atoms with Gasteiger partial charge in [0.2, 0.25) is 0 Å². The summed E-state index contributed by atoms with van der Waals surface area (Å²) in [6.07, 6.45) is 0. The van der Waals surface area contributed by atoms with Crippen molar-refractivity contribution in [2.24, 2.45) is 0 Å². The number of halogens is 1. The Kier molecular flexibility index (Phi) is 2.78. The average molecular weight is 200 g/mol. The largest absolute Gasteiger partial charge is 0.507 e. The van der Waals surface area contributed by atoms with Crippen LogP contribution in [0.1, 0.15) is 15.9 Å². The minimum Gasteiger partial charge on any atom is -0.507 e. The van der Waals surface area contributed by atoms with Gasteiger partial charge < -0.3 is 10.4 Å². The lowest BCUT2D eigenvalue weighted by atomic mass is 10.1. The topological polar surface area (TPSA) is 49.3 Å². The predicted molar refractivity (Wildman–Crippen MR) is 51.2 cm³/mol. The maximum Gasteiger partial charge on any atom is 0.254 e. The Hall–Kier alpha value is -1.22. The van der Waals surface area contributed by atoms with Gasteiger partial charge in [0.1, 0.15) is 5.75 Å². The molecule has 0 aliphatic rings. The van der Waals surface area contributed by atoms with E-state index in [2.05, 4.69) is 5.32 Å². The van der Waals surface area contributed by atoms with Gasteiger partial charge in [-0.15, -0.1) is 0 Å². The number of benzene rings is 1. The second-order valence-corrected chi connectivity index (χ2v) is 3.10. The molecule has 3 nitrogen and oxygen atoms in total. The summed E-state index contributed by atoms with van der Waals surface area (Å²) >= 11 is 5.80. The van der Waals surface area contributed by atoms with E-state index >= 15 is 0 Å². The van der Waals surface area contributed by atoms with Crippen molar-refractivity contribution in [2.45, 2.75) is 6.92 Å². The van der Waals surface area contributed by atoms with Crippen LogP contribution in [0.25, 0.3) is 0 Å². The van der Waals surface area contributed by atoms with Gasteiger partial charge in [-0.3, -0.25) is 4.79 Å². The second kappa shape index (κ2) is 3.66. The summed E-state index contributed by atoms with van der Waals surface area (Å²) in [4.78, 5) is 11.2. The molecule has 0 heterocycles. The molecule has 4 heteroatoms. The van der Waals surface area contributed by atoms with E-state index in [1.165, 1.54) is 19.2 Å². The molecule has 0 saturated carbocycles. The molecule has 1 aromatic rings. The van der Waals surface area contributed by atoms with Crippen molar-refractivity contribution in [1.82, 2.24) is 5.32 Å². The number of rotatable bonds is 1. The molecule has 1 rings (SSSR count). The third-order valence-corrected chi connectivity index (χ3v) is 2.16. The molecule has 0 fully saturated rings. The fourth-order valence-electron chi connectivity index (χ4n) is 0.983. The van der Waals surface area contributed by atoms with Gasteiger partial charge in [-0.05, 0) is 24.6 Å². The number of phenols is 1. The van der Waals surface area contributed by atoms with Crippen LogP contribution in [-0.4, -0.2) is 18.1 Å². The van der Waals surface area contributed by atoms with Crippen LogP contribution in [0.3, 0.4) is 0 Å². The lowest BCUT2D eigenvalue weighted by Crippen LogP contribution is -2.17. The van der Waals surface area contributed by atoms with Crippen LogP contribution in [0, 0.1) is 6.92 Å². The Morgan fingerprint density at radius 3 is 2.69 bits per heavy atom. The average Bonchev–Trinajstić information content (AvgIpc) is 2.10. The van der Waals surface area contributed by atoms with Gasteiger partial charge >= 0.3 is 0 Å². The smallest absolute Gasteiger partial charge is 0.254 e. The van der Waals surface area contributed by atoms with E-state index in [0.29, 0.717) is 5.02 Å². The molecular formula is C9H10ClNO2. The lowest BCUT2D eigenvalue weighted by molar-refractivity contribution is 0.0960. The number of amides is 1. The van der Waals surface area contributed by atoms with E-state index in [0.717, 1.165) is 5.56 Å². The highest BCUT2D eigenvalue weighted by molar-refractivity contribution is 6.31. The highest BCUT2D eigenvalue weighted by atomic mass is 35.5. The van der Waals surface area contributed by atoms with E-state index in [1.807, 2.05) is 0 Å².